The fourth-order valence-electron chi connectivity index (χ4n) is 2.09. The zero-order chi connectivity index (χ0) is 14.7. The van der Waals surface area contributed by atoms with E-state index in [0.29, 0.717) is 23.7 Å². The van der Waals surface area contributed by atoms with Gasteiger partial charge in [-0.2, -0.15) is 10.3 Å². The maximum atomic E-state index is 12.0. The van der Waals surface area contributed by atoms with Crippen LogP contribution in [0.15, 0.2) is 34.2 Å². The number of amidine groups is 1. The summed E-state index contributed by atoms with van der Waals surface area (Å²) in [5.74, 6) is -0.203. The van der Waals surface area contributed by atoms with Gasteiger partial charge in [0.1, 0.15) is 0 Å². The Morgan fingerprint density at radius 1 is 1.29 bits per heavy atom. The molecule has 3 rings (SSSR count). The van der Waals surface area contributed by atoms with Gasteiger partial charge in [-0.15, -0.1) is 0 Å². The molecule has 1 aromatic carbocycles. The van der Waals surface area contributed by atoms with Crippen LogP contribution in [0.4, 0.5) is 0 Å². The molecule has 0 aromatic heterocycles. The first-order chi connectivity index (χ1) is 10.3. The van der Waals surface area contributed by atoms with Gasteiger partial charge in [0.25, 0.3) is 5.91 Å². The van der Waals surface area contributed by atoms with Crippen LogP contribution in [-0.2, 0) is 9.53 Å². The van der Waals surface area contributed by atoms with Gasteiger partial charge in [0.05, 0.1) is 29.8 Å². The van der Waals surface area contributed by atoms with Crippen LogP contribution in [0.2, 0.25) is 0 Å². The van der Waals surface area contributed by atoms with Gasteiger partial charge in [0.2, 0.25) is 0 Å². The van der Waals surface area contributed by atoms with Crippen molar-refractivity contribution in [3.05, 3.63) is 40.3 Å². The highest BCUT2D eigenvalue weighted by molar-refractivity contribution is 8.18. The van der Waals surface area contributed by atoms with Gasteiger partial charge in [0.15, 0.2) is 5.17 Å². The maximum absolute atomic E-state index is 12.0. The Labute approximate surface area is 126 Å². The number of carbonyl (C=O) groups is 1. The lowest BCUT2D eigenvalue weighted by molar-refractivity contribution is -0.113. The van der Waals surface area contributed by atoms with E-state index >= 15 is 0 Å². The number of carbonyl (C=O) groups excluding carboxylic acids is 1. The first-order valence-electron chi connectivity index (χ1n) is 6.62. The molecule has 6 heteroatoms. The first kappa shape index (κ1) is 13.9. The van der Waals surface area contributed by atoms with Crippen LogP contribution < -0.4 is 0 Å². The van der Waals surface area contributed by atoms with Gasteiger partial charge < -0.3 is 9.64 Å². The molecule has 2 aliphatic heterocycles. The molecule has 0 bridgehead atoms. The molecule has 1 fully saturated rings. The summed E-state index contributed by atoms with van der Waals surface area (Å²) in [4.78, 5) is 18.8. The van der Waals surface area contributed by atoms with Crippen molar-refractivity contribution >= 4 is 28.9 Å². The molecule has 1 saturated heterocycles. The number of ether oxygens (including phenoxy) is 1. The predicted molar refractivity (Wildman–Crippen MR) is 81.6 cm³/mol. The smallest absolute Gasteiger partial charge is 0.286 e. The van der Waals surface area contributed by atoms with Crippen molar-refractivity contribution in [1.82, 2.24) is 4.90 Å². The van der Waals surface area contributed by atoms with Crippen LogP contribution in [0.5, 0.6) is 0 Å². The lowest BCUT2D eigenvalue weighted by Crippen LogP contribution is -2.38. The van der Waals surface area contributed by atoms with E-state index in [4.69, 9.17) is 10.00 Å². The topological polar surface area (TPSA) is 65.7 Å². The maximum Gasteiger partial charge on any atom is 0.286 e. The van der Waals surface area contributed by atoms with E-state index in [-0.39, 0.29) is 5.91 Å². The third-order valence-corrected chi connectivity index (χ3v) is 4.27. The minimum Gasteiger partial charge on any atom is -0.378 e. The molecule has 5 nitrogen and oxygen atoms in total. The van der Waals surface area contributed by atoms with Crippen molar-refractivity contribution in [2.75, 3.05) is 26.3 Å². The monoisotopic (exact) mass is 299 g/mol. The van der Waals surface area contributed by atoms with Crippen molar-refractivity contribution in [3.63, 3.8) is 0 Å². The standard InChI is InChI=1S/C15H13N3O2S/c16-10-12-3-1-11(2-4-12)9-13-14(19)17-15(21-13)18-5-7-20-8-6-18/h1-4,9H,5-8H2. The highest BCUT2D eigenvalue weighted by Crippen LogP contribution is 2.30. The minimum atomic E-state index is -0.203. The molecule has 2 heterocycles. The highest BCUT2D eigenvalue weighted by Gasteiger charge is 2.26. The zero-order valence-corrected chi connectivity index (χ0v) is 12.1. The summed E-state index contributed by atoms with van der Waals surface area (Å²) in [6.07, 6.45) is 1.81. The van der Waals surface area contributed by atoms with Gasteiger partial charge in [0, 0.05) is 13.1 Å². The lowest BCUT2D eigenvalue weighted by atomic mass is 10.1. The summed E-state index contributed by atoms with van der Waals surface area (Å²) in [6, 6.07) is 9.20. The van der Waals surface area contributed by atoms with Crippen molar-refractivity contribution in [2.24, 2.45) is 4.99 Å². The van der Waals surface area contributed by atoms with Crippen LogP contribution in [0.3, 0.4) is 0 Å². The summed E-state index contributed by atoms with van der Waals surface area (Å²) in [5.41, 5.74) is 1.50. The van der Waals surface area contributed by atoms with Crippen molar-refractivity contribution in [1.29, 1.82) is 5.26 Å². The van der Waals surface area contributed by atoms with Crippen LogP contribution >= 0.6 is 11.8 Å². The number of nitriles is 1. The van der Waals surface area contributed by atoms with E-state index < -0.39 is 0 Å². The summed E-state index contributed by atoms with van der Waals surface area (Å²) >= 11 is 1.40. The number of nitrogens with zero attached hydrogens (tertiary/aromatic N) is 3. The molecule has 1 aromatic rings. The number of morpholine rings is 1. The van der Waals surface area contributed by atoms with Crippen LogP contribution in [0, 0.1) is 11.3 Å². The third-order valence-electron chi connectivity index (χ3n) is 3.23. The molecule has 0 saturated carbocycles. The van der Waals surface area contributed by atoms with Gasteiger partial charge in [-0.3, -0.25) is 4.79 Å². The number of hydrogen-bond donors (Lipinski definition) is 0. The lowest BCUT2D eigenvalue weighted by Gasteiger charge is -2.27. The summed E-state index contributed by atoms with van der Waals surface area (Å²) < 4.78 is 5.30. The van der Waals surface area contributed by atoms with E-state index in [0.717, 1.165) is 23.8 Å². The van der Waals surface area contributed by atoms with Gasteiger partial charge >= 0.3 is 0 Å². The molecule has 0 atom stereocenters. The number of rotatable bonds is 1. The Balaban J connectivity index is 1.74. The SMILES string of the molecule is N#Cc1ccc(C=C2SC(N3CCOCC3)=NC2=O)cc1. The molecule has 1 amide bonds. The quantitative estimate of drug-likeness (QED) is 0.741. The molecule has 0 N–H and O–H groups in total. The highest BCUT2D eigenvalue weighted by atomic mass is 32.2. The molecule has 0 aliphatic carbocycles. The van der Waals surface area contributed by atoms with E-state index in [1.807, 2.05) is 18.2 Å². The Morgan fingerprint density at radius 2 is 2.00 bits per heavy atom. The fraction of sp³-hybridized carbons (Fsp3) is 0.267. The number of hydrogen-bond acceptors (Lipinski definition) is 5. The molecule has 106 valence electrons. The molecule has 0 unspecified atom stereocenters. The van der Waals surface area contributed by atoms with E-state index in [1.165, 1.54) is 11.8 Å². The molecular weight excluding hydrogens is 286 g/mol. The number of amides is 1. The van der Waals surface area contributed by atoms with E-state index in [2.05, 4.69) is 16.0 Å². The van der Waals surface area contributed by atoms with Gasteiger partial charge in [-0.25, -0.2) is 0 Å². The normalized spacial score (nSPS) is 20.5. The predicted octanol–water partition coefficient (Wildman–Crippen LogP) is 1.86. The average molecular weight is 299 g/mol. The zero-order valence-electron chi connectivity index (χ0n) is 11.3. The first-order valence-corrected chi connectivity index (χ1v) is 7.43. The fourth-order valence-corrected chi connectivity index (χ4v) is 3.06. The van der Waals surface area contributed by atoms with E-state index in [1.54, 1.807) is 12.1 Å². The second-order valence-corrected chi connectivity index (χ2v) is 5.65. The Kier molecular flexibility index (Phi) is 4.04. The molecule has 21 heavy (non-hydrogen) atoms. The molecular formula is C15H13N3O2S. The summed E-state index contributed by atoms with van der Waals surface area (Å²) in [6.45, 7) is 2.87. The largest absolute Gasteiger partial charge is 0.378 e. The number of benzene rings is 1. The molecule has 2 aliphatic rings. The van der Waals surface area contributed by atoms with Crippen molar-refractivity contribution in [2.45, 2.75) is 0 Å². The minimum absolute atomic E-state index is 0.203. The number of thioether (sulfide) groups is 1. The van der Waals surface area contributed by atoms with Crippen molar-refractivity contribution in [3.8, 4) is 6.07 Å². The van der Waals surface area contributed by atoms with E-state index in [9.17, 15) is 4.79 Å². The Bertz CT molecular complexity index is 652. The molecule has 0 spiro atoms. The second-order valence-electron chi connectivity index (χ2n) is 4.64. The summed E-state index contributed by atoms with van der Waals surface area (Å²) in [5, 5.41) is 9.53. The van der Waals surface area contributed by atoms with Gasteiger partial charge in [-0.05, 0) is 35.5 Å². The number of aliphatic imine (C=N–C) groups is 1. The average Bonchev–Trinajstić information content (AvgIpc) is 2.90. The van der Waals surface area contributed by atoms with Crippen LogP contribution in [-0.4, -0.2) is 42.3 Å². The van der Waals surface area contributed by atoms with Crippen molar-refractivity contribution < 1.29 is 9.53 Å². The van der Waals surface area contributed by atoms with Crippen LogP contribution in [0.1, 0.15) is 11.1 Å². The molecule has 0 radical (unpaired) electrons. The van der Waals surface area contributed by atoms with Crippen LogP contribution in [0.25, 0.3) is 6.08 Å². The third kappa shape index (κ3) is 3.15. The Morgan fingerprint density at radius 3 is 2.67 bits per heavy atom. The summed E-state index contributed by atoms with van der Waals surface area (Å²) in [7, 11) is 0. The Hall–Kier alpha value is -2.10. The second kappa shape index (κ2) is 6.12. The van der Waals surface area contributed by atoms with Gasteiger partial charge in [-0.1, -0.05) is 12.1 Å².